The SMILES string of the molecule is N#Cc1cc2ccccc2nc1OCC1CCOC1. The van der Waals surface area contributed by atoms with Crippen LogP contribution in [0.25, 0.3) is 10.9 Å². The summed E-state index contributed by atoms with van der Waals surface area (Å²) >= 11 is 0. The Labute approximate surface area is 111 Å². The van der Waals surface area contributed by atoms with Crippen LogP contribution in [0, 0.1) is 17.2 Å². The summed E-state index contributed by atoms with van der Waals surface area (Å²) in [5, 5.41) is 10.1. The number of pyridine rings is 1. The Morgan fingerprint density at radius 3 is 3.11 bits per heavy atom. The van der Waals surface area contributed by atoms with Gasteiger partial charge in [-0.2, -0.15) is 5.26 Å². The van der Waals surface area contributed by atoms with Gasteiger partial charge < -0.3 is 9.47 Å². The van der Waals surface area contributed by atoms with E-state index in [0.29, 0.717) is 24.0 Å². The van der Waals surface area contributed by atoms with Gasteiger partial charge in [0.2, 0.25) is 5.88 Å². The van der Waals surface area contributed by atoms with Crippen molar-refractivity contribution >= 4 is 10.9 Å². The second-order valence-electron chi connectivity index (χ2n) is 4.69. The first kappa shape index (κ1) is 11.9. The third kappa shape index (κ3) is 2.51. The zero-order chi connectivity index (χ0) is 13.1. The topological polar surface area (TPSA) is 55.1 Å². The summed E-state index contributed by atoms with van der Waals surface area (Å²) in [5.41, 5.74) is 1.33. The molecule has 0 amide bonds. The predicted molar refractivity (Wildman–Crippen MR) is 70.9 cm³/mol. The van der Waals surface area contributed by atoms with E-state index in [4.69, 9.17) is 9.47 Å². The van der Waals surface area contributed by atoms with Gasteiger partial charge in [0, 0.05) is 17.9 Å². The fraction of sp³-hybridized carbons (Fsp3) is 0.333. The van der Waals surface area contributed by atoms with Gasteiger partial charge in [-0.1, -0.05) is 18.2 Å². The number of rotatable bonds is 3. The summed E-state index contributed by atoms with van der Waals surface area (Å²) < 4.78 is 11.0. The summed E-state index contributed by atoms with van der Waals surface area (Å²) in [5.74, 6) is 0.827. The van der Waals surface area contributed by atoms with Gasteiger partial charge in [-0.15, -0.1) is 0 Å². The average molecular weight is 254 g/mol. The third-order valence-electron chi connectivity index (χ3n) is 3.29. The maximum Gasteiger partial charge on any atom is 0.232 e. The normalized spacial score (nSPS) is 18.4. The minimum absolute atomic E-state index is 0.403. The van der Waals surface area contributed by atoms with Crippen LogP contribution in [0.5, 0.6) is 5.88 Å². The first-order valence-electron chi connectivity index (χ1n) is 6.37. The zero-order valence-electron chi connectivity index (χ0n) is 10.5. The Hall–Kier alpha value is -2.12. The lowest BCUT2D eigenvalue weighted by Crippen LogP contribution is -2.13. The van der Waals surface area contributed by atoms with E-state index in [2.05, 4.69) is 11.1 Å². The summed E-state index contributed by atoms with van der Waals surface area (Å²) in [6.07, 6.45) is 1.01. The lowest BCUT2D eigenvalue weighted by molar-refractivity contribution is 0.165. The molecule has 3 rings (SSSR count). The molecule has 96 valence electrons. The molecule has 2 aromatic rings. The van der Waals surface area contributed by atoms with Gasteiger partial charge >= 0.3 is 0 Å². The van der Waals surface area contributed by atoms with Crippen molar-refractivity contribution in [3.8, 4) is 11.9 Å². The Morgan fingerprint density at radius 2 is 2.32 bits per heavy atom. The monoisotopic (exact) mass is 254 g/mol. The molecular formula is C15H14N2O2. The number of para-hydroxylation sites is 1. The molecule has 1 unspecified atom stereocenters. The number of aromatic nitrogens is 1. The van der Waals surface area contributed by atoms with Crippen LogP contribution in [-0.4, -0.2) is 24.8 Å². The van der Waals surface area contributed by atoms with E-state index in [1.54, 1.807) is 0 Å². The molecule has 1 atom stereocenters. The van der Waals surface area contributed by atoms with Gasteiger partial charge in [-0.05, 0) is 18.6 Å². The van der Waals surface area contributed by atoms with Crippen LogP contribution < -0.4 is 4.74 Å². The van der Waals surface area contributed by atoms with Crippen LogP contribution in [0.15, 0.2) is 30.3 Å². The van der Waals surface area contributed by atoms with Crippen LogP contribution in [-0.2, 0) is 4.74 Å². The smallest absolute Gasteiger partial charge is 0.232 e. The fourth-order valence-electron chi connectivity index (χ4n) is 2.20. The molecule has 0 saturated carbocycles. The van der Waals surface area contributed by atoms with Gasteiger partial charge in [0.25, 0.3) is 0 Å². The van der Waals surface area contributed by atoms with E-state index < -0.39 is 0 Å². The van der Waals surface area contributed by atoms with Crippen LogP contribution >= 0.6 is 0 Å². The molecule has 1 aliphatic heterocycles. The van der Waals surface area contributed by atoms with Crippen molar-refractivity contribution in [3.63, 3.8) is 0 Å². The van der Waals surface area contributed by atoms with E-state index >= 15 is 0 Å². The quantitative estimate of drug-likeness (QED) is 0.844. The molecule has 1 aromatic heterocycles. The summed E-state index contributed by atoms with van der Waals surface area (Å²) in [6.45, 7) is 2.08. The second kappa shape index (κ2) is 5.25. The molecule has 0 N–H and O–H groups in total. The van der Waals surface area contributed by atoms with Crippen LogP contribution in [0.2, 0.25) is 0 Å². The number of fused-ring (bicyclic) bond motifs is 1. The average Bonchev–Trinajstić information content (AvgIpc) is 2.97. The first-order chi connectivity index (χ1) is 9.36. The lowest BCUT2D eigenvalue weighted by atomic mass is 10.1. The molecule has 2 heterocycles. The Kier molecular flexibility index (Phi) is 3.30. The highest BCUT2D eigenvalue weighted by molar-refractivity contribution is 5.80. The Morgan fingerprint density at radius 1 is 1.42 bits per heavy atom. The maximum atomic E-state index is 9.18. The number of ether oxygens (including phenoxy) is 2. The van der Waals surface area contributed by atoms with Crippen molar-refractivity contribution in [1.29, 1.82) is 5.26 Å². The molecule has 0 spiro atoms. The van der Waals surface area contributed by atoms with Gasteiger partial charge in [0.15, 0.2) is 0 Å². The van der Waals surface area contributed by atoms with E-state index in [0.717, 1.165) is 30.5 Å². The molecule has 0 aliphatic carbocycles. The first-order valence-corrected chi connectivity index (χ1v) is 6.37. The van der Waals surface area contributed by atoms with E-state index in [9.17, 15) is 5.26 Å². The van der Waals surface area contributed by atoms with Crippen molar-refractivity contribution in [1.82, 2.24) is 4.98 Å². The van der Waals surface area contributed by atoms with Crippen molar-refractivity contribution in [2.24, 2.45) is 5.92 Å². The van der Waals surface area contributed by atoms with Crippen molar-refractivity contribution in [2.45, 2.75) is 6.42 Å². The Bertz CT molecular complexity index is 628. The standard InChI is InChI=1S/C15H14N2O2/c16-8-13-7-12-3-1-2-4-14(12)17-15(13)19-10-11-5-6-18-9-11/h1-4,7,11H,5-6,9-10H2. The van der Waals surface area contributed by atoms with E-state index in [1.807, 2.05) is 30.3 Å². The van der Waals surface area contributed by atoms with Gasteiger partial charge in [0.05, 0.1) is 18.7 Å². The highest BCUT2D eigenvalue weighted by Crippen LogP contribution is 2.23. The number of benzene rings is 1. The van der Waals surface area contributed by atoms with Crippen molar-refractivity contribution in [2.75, 3.05) is 19.8 Å². The molecule has 0 bridgehead atoms. The largest absolute Gasteiger partial charge is 0.476 e. The van der Waals surface area contributed by atoms with Gasteiger partial charge in [-0.3, -0.25) is 0 Å². The molecule has 1 aromatic carbocycles. The number of hydrogen-bond acceptors (Lipinski definition) is 4. The molecule has 0 radical (unpaired) electrons. The summed E-state index contributed by atoms with van der Waals surface area (Å²) in [6, 6.07) is 11.7. The molecule has 4 nitrogen and oxygen atoms in total. The number of nitriles is 1. The highest BCUT2D eigenvalue weighted by Gasteiger charge is 2.17. The van der Waals surface area contributed by atoms with Gasteiger partial charge in [0.1, 0.15) is 11.6 Å². The maximum absolute atomic E-state index is 9.18. The molecule has 4 heteroatoms. The minimum Gasteiger partial charge on any atom is -0.476 e. The Balaban J connectivity index is 1.86. The zero-order valence-corrected chi connectivity index (χ0v) is 10.5. The third-order valence-corrected chi connectivity index (χ3v) is 3.29. The summed E-state index contributed by atoms with van der Waals surface area (Å²) in [4.78, 5) is 4.42. The van der Waals surface area contributed by atoms with Crippen LogP contribution in [0.3, 0.4) is 0 Å². The van der Waals surface area contributed by atoms with Crippen LogP contribution in [0.1, 0.15) is 12.0 Å². The molecule has 1 aliphatic rings. The van der Waals surface area contributed by atoms with Gasteiger partial charge in [-0.25, -0.2) is 4.98 Å². The molecule has 1 fully saturated rings. The predicted octanol–water partition coefficient (Wildman–Crippen LogP) is 2.52. The molecule has 19 heavy (non-hydrogen) atoms. The minimum atomic E-state index is 0.403. The lowest BCUT2D eigenvalue weighted by Gasteiger charge is -2.11. The summed E-state index contributed by atoms with van der Waals surface area (Å²) in [7, 11) is 0. The number of nitrogens with zero attached hydrogens (tertiary/aromatic N) is 2. The van der Waals surface area contributed by atoms with Crippen molar-refractivity contribution < 1.29 is 9.47 Å². The fourth-order valence-corrected chi connectivity index (χ4v) is 2.20. The van der Waals surface area contributed by atoms with Crippen molar-refractivity contribution in [3.05, 3.63) is 35.9 Å². The number of hydrogen-bond donors (Lipinski definition) is 0. The molecular weight excluding hydrogens is 240 g/mol. The highest BCUT2D eigenvalue weighted by atomic mass is 16.5. The van der Waals surface area contributed by atoms with E-state index in [-0.39, 0.29) is 0 Å². The molecule has 1 saturated heterocycles. The second-order valence-corrected chi connectivity index (χ2v) is 4.69. The van der Waals surface area contributed by atoms with Crippen LogP contribution in [0.4, 0.5) is 0 Å². The van der Waals surface area contributed by atoms with E-state index in [1.165, 1.54) is 0 Å².